The van der Waals surface area contributed by atoms with Crippen LogP contribution in [0.3, 0.4) is 0 Å². The number of amides is 1. The smallest absolute Gasteiger partial charge is 0.269 e. The molecular formula is C14H17FN4O. The van der Waals surface area contributed by atoms with Crippen molar-refractivity contribution in [1.82, 2.24) is 14.9 Å². The Morgan fingerprint density at radius 3 is 2.75 bits per heavy atom. The zero-order chi connectivity index (χ0) is 14.4. The van der Waals surface area contributed by atoms with E-state index in [1.54, 1.807) is 16.7 Å². The Morgan fingerprint density at radius 2 is 2.05 bits per heavy atom. The molecule has 0 unspecified atom stereocenters. The molecule has 0 radical (unpaired) electrons. The quantitative estimate of drug-likeness (QED) is 0.785. The van der Waals surface area contributed by atoms with Gasteiger partial charge in [-0.1, -0.05) is 0 Å². The number of aromatic nitrogens is 2. The lowest BCUT2D eigenvalue weighted by Gasteiger charge is -2.08. The average molecular weight is 276 g/mol. The topological polar surface area (TPSA) is 72.9 Å². The maximum Gasteiger partial charge on any atom is 0.269 e. The molecule has 0 bridgehead atoms. The summed E-state index contributed by atoms with van der Waals surface area (Å²) in [6.07, 6.45) is 4.73. The van der Waals surface area contributed by atoms with Crippen LogP contribution in [-0.2, 0) is 0 Å². The third kappa shape index (κ3) is 3.42. The van der Waals surface area contributed by atoms with E-state index >= 15 is 0 Å². The van der Waals surface area contributed by atoms with Gasteiger partial charge in [-0.05, 0) is 43.7 Å². The van der Waals surface area contributed by atoms with E-state index in [0.717, 1.165) is 12.8 Å². The summed E-state index contributed by atoms with van der Waals surface area (Å²) in [4.78, 5) is 16.0. The second-order valence-electron chi connectivity index (χ2n) is 4.38. The summed E-state index contributed by atoms with van der Waals surface area (Å²) in [5.74, 6) is -0.523. The molecule has 1 aromatic carbocycles. The van der Waals surface area contributed by atoms with E-state index < -0.39 is 0 Å². The summed E-state index contributed by atoms with van der Waals surface area (Å²) >= 11 is 0. The van der Waals surface area contributed by atoms with Crippen LogP contribution in [-0.4, -0.2) is 28.5 Å². The minimum Gasteiger partial charge on any atom is -0.351 e. The lowest BCUT2D eigenvalue weighted by Crippen LogP contribution is -2.26. The largest absolute Gasteiger partial charge is 0.351 e. The highest BCUT2D eigenvalue weighted by Gasteiger charge is 2.12. The van der Waals surface area contributed by atoms with Crippen LogP contribution in [0.5, 0.6) is 0 Å². The zero-order valence-corrected chi connectivity index (χ0v) is 11.1. The number of nitrogens with zero attached hydrogens (tertiary/aromatic N) is 2. The molecule has 2 aromatic rings. The monoisotopic (exact) mass is 276 g/mol. The molecular weight excluding hydrogens is 259 g/mol. The fourth-order valence-corrected chi connectivity index (χ4v) is 1.83. The van der Waals surface area contributed by atoms with Crippen molar-refractivity contribution in [3.63, 3.8) is 0 Å². The molecule has 0 aliphatic carbocycles. The van der Waals surface area contributed by atoms with Gasteiger partial charge in [-0.25, -0.2) is 9.37 Å². The second kappa shape index (κ2) is 6.81. The van der Waals surface area contributed by atoms with Crippen molar-refractivity contribution in [2.45, 2.75) is 12.8 Å². The maximum absolute atomic E-state index is 12.9. The number of carbonyl (C=O) groups is 1. The fraction of sp³-hybridized carbons (Fsp3) is 0.286. The van der Waals surface area contributed by atoms with Gasteiger partial charge in [0.05, 0.1) is 12.5 Å². The van der Waals surface area contributed by atoms with E-state index in [1.165, 1.54) is 24.7 Å². The van der Waals surface area contributed by atoms with Crippen LogP contribution in [0.15, 0.2) is 36.8 Å². The molecule has 6 heteroatoms. The second-order valence-corrected chi connectivity index (χ2v) is 4.38. The predicted octanol–water partition coefficient (Wildman–Crippen LogP) is 1.48. The number of hydrogen-bond acceptors (Lipinski definition) is 3. The van der Waals surface area contributed by atoms with Crippen LogP contribution in [0.4, 0.5) is 4.39 Å². The molecule has 20 heavy (non-hydrogen) atoms. The molecule has 0 atom stereocenters. The van der Waals surface area contributed by atoms with Gasteiger partial charge in [0, 0.05) is 12.2 Å². The first-order chi connectivity index (χ1) is 9.72. The number of rotatable bonds is 6. The maximum atomic E-state index is 12.9. The number of hydrogen-bond donors (Lipinski definition) is 2. The summed E-state index contributed by atoms with van der Waals surface area (Å²) in [6, 6.07) is 5.89. The number of imidazole rings is 1. The Labute approximate surface area is 116 Å². The van der Waals surface area contributed by atoms with Crippen molar-refractivity contribution in [3.8, 4) is 5.69 Å². The number of benzene rings is 1. The zero-order valence-electron chi connectivity index (χ0n) is 11.1. The van der Waals surface area contributed by atoms with Crippen molar-refractivity contribution >= 4 is 5.91 Å². The van der Waals surface area contributed by atoms with Crippen molar-refractivity contribution in [2.24, 2.45) is 5.73 Å². The molecule has 3 N–H and O–H groups in total. The van der Waals surface area contributed by atoms with Gasteiger partial charge in [0.25, 0.3) is 5.91 Å². The molecule has 1 heterocycles. The molecule has 0 saturated carbocycles. The fourth-order valence-electron chi connectivity index (χ4n) is 1.83. The van der Waals surface area contributed by atoms with E-state index in [2.05, 4.69) is 10.3 Å². The van der Waals surface area contributed by atoms with Crippen molar-refractivity contribution in [2.75, 3.05) is 13.1 Å². The highest BCUT2D eigenvalue weighted by atomic mass is 19.1. The van der Waals surface area contributed by atoms with Gasteiger partial charge >= 0.3 is 0 Å². The molecule has 0 saturated heterocycles. The molecule has 0 aliphatic rings. The molecule has 0 spiro atoms. The summed E-state index contributed by atoms with van der Waals surface area (Å²) < 4.78 is 14.5. The Kier molecular flexibility index (Phi) is 4.84. The first kappa shape index (κ1) is 14.2. The molecule has 0 fully saturated rings. The van der Waals surface area contributed by atoms with Crippen LogP contribution < -0.4 is 11.1 Å². The molecule has 2 rings (SSSR count). The number of nitrogens with one attached hydrogen (secondary N) is 1. The van der Waals surface area contributed by atoms with Crippen LogP contribution in [0.1, 0.15) is 23.3 Å². The van der Waals surface area contributed by atoms with Gasteiger partial charge in [0.15, 0.2) is 0 Å². The van der Waals surface area contributed by atoms with Crippen LogP contribution in [0.25, 0.3) is 5.69 Å². The number of nitrogens with two attached hydrogens (primary N) is 1. The van der Waals surface area contributed by atoms with Crippen molar-refractivity contribution in [1.29, 1.82) is 0 Å². The number of unbranched alkanes of at least 4 members (excludes halogenated alkanes) is 1. The first-order valence-corrected chi connectivity index (χ1v) is 6.49. The summed E-state index contributed by atoms with van der Waals surface area (Å²) in [7, 11) is 0. The third-order valence-corrected chi connectivity index (χ3v) is 2.89. The first-order valence-electron chi connectivity index (χ1n) is 6.49. The lowest BCUT2D eigenvalue weighted by atomic mass is 10.3. The van der Waals surface area contributed by atoms with Gasteiger partial charge in [0.2, 0.25) is 0 Å². The predicted molar refractivity (Wildman–Crippen MR) is 74.1 cm³/mol. The minimum atomic E-state index is -0.318. The van der Waals surface area contributed by atoms with Gasteiger partial charge in [-0.3, -0.25) is 9.36 Å². The number of carbonyl (C=O) groups excluding carboxylic acids is 1. The molecule has 1 aromatic heterocycles. The SMILES string of the molecule is NCCCCNC(=O)c1cncn1-c1ccc(F)cc1. The Bertz CT molecular complexity index is 565. The molecule has 0 aliphatic heterocycles. The standard InChI is InChI=1S/C14H17FN4O/c15-11-3-5-12(6-4-11)19-10-17-9-13(19)14(20)18-8-2-1-7-16/h3-6,9-10H,1-2,7-8,16H2,(H,18,20). The van der Waals surface area contributed by atoms with Crippen LogP contribution in [0, 0.1) is 5.82 Å². The normalized spacial score (nSPS) is 10.5. The average Bonchev–Trinajstić information content (AvgIpc) is 2.93. The van der Waals surface area contributed by atoms with E-state index in [9.17, 15) is 9.18 Å². The summed E-state index contributed by atoms with van der Waals surface area (Å²) in [6.45, 7) is 1.19. The third-order valence-electron chi connectivity index (χ3n) is 2.89. The highest BCUT2D eigenvalue weighted by Crippen LogP contribution is 2.12. The Hall–Kier alpha value is -2.21. The van der Waals surface area contributed by atoms with E-state index in [0.29, 0.717) is 24.5 Å². The van der Waals surface area contributed by atoms with Gasteiger partial charge < -0.3 is 11.1 Å². The Balaban J connectivity index is 2.08. The van der Waals surface area contributed by atoms with Crippen molar-refractivity contribution in [3.05, 3.63) is 48.3 Å². The van der Waals surface area contributed by atoms with E-state index in [-0.39, 0.29) is 11.7 Å². The van der Waals surface area contributed by atoms with Crippen molar-refractivity contribution < 1.29 is 9.18 Å². The van der Waals surface area contributed by atoms with Crippen LogP contribution in [0.2, 0.25) is 0 Å². The minimum absolute atomic E-state index is 0.205. The van der Waals surface area contributed by atoms with Gasteiger partial charge in [0.1, 0.15) is 11.5 Å². The molecule has 106 valence electrons. The Morgan fingerprint density at radius 1 is 1.30 bits per heavy atom. The van der Waals surface area contributed by atoms with Gasteiger partial charge in [-0.2, -0.15) is 0 Å². The summed E-state index contributed by atoms with van der Waals surface area (Å²) in [5, 5.41) is 2.81. The lowest BCUT2D eigenvalue weighted by molar-refractivity contribution is 0.0946. The van der Waals surface area contributed by atoms with Gasteiger partial charge in [-0.15, -0.1) is 0 Å². The summed E-state index contributed by atoms with van der Waals surface area (Å²) in [5.41, 5.74) is 6.51. The van der Waals surface area contributed by atoms with Crippen LogP contribution >= 0.6 is 0 Å². The molecule has 5 nitrogen and oxygen atoms in total. The number of halogens is 1. The van der Waals surface area contributed by atoms with E-state index in [1.807, 2.05) is 0 Å². The van der Waals surface area contributed by atoms with E-state index in [4.69, 9.17) is 5.73 Å². The highest BCUT2D eigenvalue weighted by molar-refractivity contribution is 5.92. The molecule has 1 amide bonds.